The predicted octanol–water partition coefficient (Wildman–Crippen LogP) is 1.20. The fraction of sp³-hybridized carbons (Fsp3) is 0.533. The van der Waals surface area contributed by atoms with Crippen LogP contribution in [0.4, 0.5) is 0 Å². The molecule has 2 atom stereocenters. The Bertz CT molecular complexity index is 656. The van der Waals surface area contributed by atoms with Gasteiger partial charge >= 0.3 is 0 Å². The Hall–Kier alpha value is -2.15. The van der Waals surface area contributed by atoms with Crippen LogP contribution in [0.15, 0.2) is 18.5 Å². The molecule has 22 heavy (non-hydrogen) atoms. The number of amides is 1. The summed E-state index contributed by atoms with van der Waals surface area (Å²) < 4.78 is 9.53. The molecule has 1 saturated heterocycles. The molecular weight excluding hydrogens is 282 g/mol. The molecule has 0 spiro atoms. The first-order chi connectivity index (χ1) is 10.6. The van der Waals surface area contributed by atoms with Crippen LogP contribution in [0.1, 0.15) is 41.5 Å². The minimum Gasteiger partial charge on any atom is -0.368 e. The molecule has 1 N–H and O–H groups in total. The lowest BCUT2D eigenvalue weighted by Gasteiger charge is -2.19. The minimum absolute atomic E-state index is 0.0810. The molecule has 1 fully saturated rings. The number of nitrogens with one attached hydrogen (secondary N) is 1. The molecule has 1 amide bonds. The summed E-state index contributed by atoms with van der Waals surface area (Å²) in [5.41, 5.74) is 1.38. The third kappa shape index (κ3) is 2.64. The van der Waals surface area contributed by atoms with E-state index in [1.54, 1.807) is 16.9 Å². The van der Waals surface area contributed by atoms with E-state index in [0.717, 1.165) is 24.5 Å². The van der Waals surface area contributed by atoms with Gasteiger partial charge in [0.1, 0.15) is 17.6 Å². The van der Waals surface area contributed by atoms with Gasteiger partial charge in [-0.05, 0) is 26.3 Å². The molecule has 3 rings (SSSR count). The number of carbonyl (C=O) groups excluding carboxylic acids is 1. The molecule has 0 radical (unpaired) electrons. The van der Waals surface area contributed by atoms with Gasteiger partial charge < -0.3 is 14.6 Å². The topological polar surface area (TPSA) is 74.0 Å². The van der Waals surface area contributed by atoms with Crippen LogP contribution in [0, 0.1) is 6.92 Å². The molecule has 0 aromatic carbocycles. The van der Waals surface area contributed by atoms with E-state index in [9.17, 15) is 4.79 Å². The zero-order chi connectivity index (χ0) is 15.7. The van der Waals surface area contributed by atoms with Gasteiger partial charge in [-0.1, -0.05) is 0 Å². The maximum Gasteiger partial charge on any atom is 0.272 e. The number of carbonyl (C=O) groups is 1. The Morgan fingerprint density at radius 2 is 2.36 bits per heavy atom. The maximum atomic E-state index is 12.4. The van der Waals surface area contributed by atoms with Crippen LogP contribution in [0.2, 0.25) is 0 Å². The first-order valence-corrected chi connectivity index (χ1v) is 7.54. The van der Waals surface area contributed by atoms with Gasteiger partial charge in [0, 0.05) is 38.3 Å². The lowest BCUT2D eigenvalue weighted by atomic mass is 10.1. The lowest BCUT2D eigenvalue weighted by molar-refractivity contribution is 0.0772. The van der Waals surface area contributed by atoms with Gasteiger partial charge in [0.2, 0.25) is 0 Å². The Morgan fingerprint density at radius 3 is 3.05 bits per heavy atom. The van der Waals surface area contributed by atoms with Crippen molar-refractivity contribution >= 4 is 5.91 Å². The highest BCUT2D eigenvalue weighted by atomic mass is 16.5. The van der Waals surface area contributed by atoms with E-state index in [0.29, 0.717) is 12.3 Å². The monoisotopic (exact) mass is 303 g/mol. The van der Waals surface area contributed by atoms with E-state index in [1.807, 2.05) is 24.7 Å². The first kappa shape index (κ1) is 14.8. The molecule has 1 aliphatic heterocycles. The van der Waals surface area contributed by atoms with E-state index >= 15 is 0 Å². The fourth-order valence-corrected chi connectivity index (χ4v) is 2.75. The maximum absolute atomic E-state index is 12.4. The molecule has 0 saturated carbocycles. The van der Waals surface area contributed by atoms with Crippen molar-refractivity contribution in [3.63, 3.8) is 0 Å². The highest BCUT2D eigenvalue weighted by Gasteiger charge is 2.34. The summed E-state index contributed by atoms with van der Waals surface area (Å²) in [5.74, 6) is 0.696. The zero-order valence-electron chi connectivity index (χ0n) is 13.1. The Balaban J connectivity index is 1.75. The normalized spacial score (nSPS) is 21.2. The molecular formula is C15H21N5O2. The largest absolute Gasteiger partial charge is 0.368 e. The van der Waals surface area contributed by atoms with Crippen LogP contribution in [0.3, 0.4) is 0 Å². The van der Waals surface area contributed by atoms with E-state index in [1.165, 1.54) is 0 Å². The Labute approximate surface area is 129 Å². The second kappa shape index (κ2) is 5.92. The minimum atomic E-state index is -0.205. The van der Waals surface area contributed by atoms with E-state index in [-0.39, 0.29) is 18.1 Å². The van der Waals surface area contributed by atoms with Gasteiger partial charge in [0.25, 0.3) is 5.91 Å². The second-order valence-corrected chi connectivity index (χ2v) is 5.53. The number of imidazole rings is 1. The summed E-state index contributed by atoms with van der Waals surface area (Å²) in [5, 5.41) is 7.25. The summed E-state index contributed by atoms with van der Waals surface area (Å²) in [6.45, 7) is 5.43. The average molecular weight is 303 g/mol. The van der Waals surface area contributed by atoms with Crippen molar-refractivity contribution in [3.8, 4) is 0 Å². The highest BCUT2D eigenvalue weighted by molar-refractivity contribution is 5.92. The van der Waals surface area contributed by atoms with Crippen LogP contribution in [0.25, 0.3) is 0 Å². The van der Waals surface area contributed by atoms with E-state index in [4.69, 9.17) is 4.74 Å². The molecule has 0 unspecified atom stereocenters. The van der Waals surface area contributed by atoms with Gasteiger partial charge in [-0.3, -0.25) is 9.48 Å². The lowest BCUT2D eigenvalue weighted by Crippen LogP contribution is -2.37. The second-order valence-electron chi connectivity index (χ2n) is 5.53. The van der Waals surface area contributed by atoms with Crippen molar-refractivity contribution in [2.24, 2.45) is 7.05 Å². The SMILES string of the molecule is CCn1ccnc1[C@H]1OCC[C@@H]1NC(=O)c1cc(C)n(C)n1. The molecule has 1 aliphatic rings. The highest BCUT2D eigenvalue weighted by Crippen LogP contribution is 2.28. The van der Waals surface area contributed by atoms with Crippen LogP contribution in [0.5, 0.6) is 0 Å². The Morgan fingerprint density at radius 1 is 1.55 bits per heavy atom. The van der Waals surface area contributed by atoms with Gasteiger partial charge in [-0.25, -0.2) is 4.98 Å². The molecule has 3 heterocycles. The molecule has 2 aromatic heterocycles. The average Bonchev–Trinajstić information content (AvgIpc) is 3.19. The smallest absolute Gasteiger partial charge is 0.272 e. The van der Waals surface area contributed by atoms with Gasteiger partial charge in [0.05, 0.1) is 6.04 Å². The summed E-state index contributed by atoms with van der Waals surface area (Å²) in [6.07, 6.45) is 4.27. The van der Waals surface area contributed by atoms with Gasteiger partial charge in [0.15, 0.2) is 0 Å². The number of ether oxygens (including phenoxy) is 1. The predicted molar refractivity (Wildman–Crippen MR) is 80.4 cm³/mol. The fourth-order valence-electron chi connectivity index (χ4n) is 2.75. The third-order valence-electron chi connectivity index (χ3n) is 4.10. The molecule has 0 aliphatic carbocycles. The van der Waals surface area contributed by atoms with Crippen molar-refractivity contribution in [1.29, 1.82) is 0 Å². The number of nitrogens with zero attached hydrogens (tertiary/aromatic N) is 4. The molecule has 0 bridgehead atoms. The molecule has 2 aromatic rings. The number of hydrogen-bond donors (Lipinski definition) is 1. The molecule has 7 nitrogen and oxygen atoms in total. The van der Waals surface area contributed by atoms with Crippen molar-refractivity contribution < 1.29 is 9.53 Å². The quantitative estimate of drug-likeness (QED) is 0.921. The molecule has 7 heteroatoms. The van der Waals surface area contributed by atoms with Gasteiger partial charge in [-0.2, -0.15) is 5.10 Å². The number of aryl methyl sites for hydroxylation is 3. The summed E-state index contributed by atoms with van der Waals surface area (Å²) in [7, 11) is 1.83. The summed E-state index contributed by atoms with van der Waals surface area (Å²) in [4.78, 5) is 16.8. The van der Waals surface area contributed by atoms with Crippen molar-refractivity contribution in [3.05, 3.63) is 35.7 Å². The Kier molecular flexibility index (Phi) is 3.98. The third-order valence-corrected chi connectivity index (χ3v) is 4.10. The number of hydrogen-bond acceptors (Lipinski definition) is 4. The van der Waals surface area contributed by atoms with E-state index in [2.05, 4.69) is 22.3 Å². The van der Waals surface area contributed by atoms with E-state index < -0.39 is 0 Å². The van der Waals surface area contributed by atoms with Crippen LogP contribution >= 0.6 is 0 Å². The summed E-state index contributed by atoms with van der Waals surface area (Å²) in [6, 6.07) is 1.70. The summed E-state index contributed by atoms with van der Waals surface area (Å²) >= 11 is 0. The van der Waals surface area contributed by atoms with Crippen molar-refractivity contribution in [2.45, 2.75) is 39.0 Å². The first-order valence-electron chi connectivity index (χ1n) is 7.54. The van der Waals surface area contributed by atoms with Crippen LogP contribution in [-0.2, 0) is 18.3 Å². The van der Waals surface area contributed by atoms with Crippen LogP contribution < -0.4 is 5.32 Å². The zero-order valence-corrected chi connectivity index (χ0v) is 13.1. The molecule has 118 valence electrons. The van der Waals surface area contributed by atoms with Crippen molar-refractivity contribution in [2.75, 3.05) is 6.61 Å². The van der Waals surface area contributed by atoms with Crippen LogP contribution in [-0.4, -0.2) is 37.9 Å². The standard InChI is InChI=1S/C15H21N5O2/c1-4-20-7-6-16-14(20)13-11(5-8-22-13)17-15(21)12-9-10(2)19(3)18-12/h6-7,9,11,13H,4-5,8H2,1-3H3,(H,17,21)/t11-,13-/m0/s1. The van der Waals surface area contributed by atoms with Crippen molar-refractivity contribution in [1.82, 2.24) is 24.6 Å². The number of rotatable bonds is 4. The van der Waals surface area contributed by atoms with Gasteiger partial charge in [-0.15, -0.1) is 0 Å². The number of aromatic nitrogens is 4.